The molecule has 1 amide bonds. The lowest BCUT2D eigenvalue weighted by molar-refractivity contribution is 0.100. The van der Waals surface area contributed by atoms with E-state index in [0.29, 0.717) is 5.56 Å². The summed E-state index contributed by atoms with van der Waals surface area (Å²) in [6.07, 6.45) is 3.15. The topological polar surface area (TPSA) is 73.8 Å². The van der Waals surface area contributed by atoms with Crippen LogP contribution >= 0.6 is 15.9 Å². The minimum absolute atomic E-state index is 0.453. The number of benzene rings is 1. The second-order valence-corrected chi connectivity index (χ2v) is 3.75. The van der Waals surface area contributed by atoms with Gasteiger partial charge in [-0.2, -0.15) is 0 Å². The molecule has 0 saturated carbocycles. The monoisotopic (exact) mass is 266 g/mol. The SMILES string of the molecule is NC(=O)c1ccc(-n2cnnc2)c(Br)c1. The minimum atomic E-state index is -0.453. The largest absolute Gasteiger partial charge is 0.366 e. The van der Waals surface area contributed by atoms with Crippen LogP contribution in [0.5, 0.6) is 0 Å². The number of carbonyl (C=O) groups excluding carboxylic acids is 1. The summed E-state index contributed by atoms with van der Waals surface area (Å²) in [5.74, 6) is -0.453. The van der Waals surface area contributed by atoms with Gasteiger partial charge >= 0.3 is 0 Å². The van der Waals surface area contributed by atoms with E-state index in [9.17, 15) is 4.79 Å². The number of nitrogens with zero attached hydrogens (tertiary/aromatic N) is 3. The zero-order chi connectivity index (χ0) is 10.8. The third-order valence-corrected chi connectivity index (χ3v) is 2.56. The highest BCUT2D eigenvalue weighted by molar-refractivity contribution is 9.10. The van der Waals surface area contributed by atoms with E-state index in [2.05, 4.69) is 26.1 Å². The maximum atomic E-state index is 10.9. The average Bonchev–Trinajstić information content (AvgIpc) is 2.70. The van der Waals surface area contributed by atoms with E-state index in [-0.39, 0.29) is 0 Å². The number of primary amides is 1. The zero-order valence-corrected chi connectivity index (χ0v) is 9.18. The fourth-order valence-corrected chi connectivity index (χ4v) is 1.78. The third-order valence-electron chi connectivity index (χ3n) is 1.93. The second kappa shape index (κ2) is 3.82. The van der Waals surface area contributed by atoms with Crippen molar-refractivity contribution in [1.29, 1.82) is 0 Å². The third kappa shape index (κ3) is 1.89. The second-order valence-electron chi connectivity index (χ2n) is 2.90. The first kappa shape index (κ1) is 9.85. The summed E-state index contributed by atoms with van der Waals surface area (Å²) in [7, 11) is 0. The van der Waals surface area contributed by atoms with Crippen molar-refractivity contribution < 1.29 is 4.79 Å². The fourth-order valence-electron chi connectivity index (χ4n) is 1.19. The number of nitrogens with two attached hydrogens (primary N) is 1. The molecule has 5 nitrogen and oxygen atoms in total. The van der Waals surface area contributed by atoms with Crippen LogP contribution in [0.4, 0.5) is 0 Å². The normalized spacial score (nSPS) is 10.2. The van der Waals surface area contributed by atoms with E-state index in [0.717, 1.165) is 10.2 Å². The number of amides is 1. The van der Waals surface area contributed by atoms with E-state index < -0.39 is 5.91 Å². The van der Waals surface area contributed by atoms with Crippen LogP contribution in [0.25, 0.3) is 5.69 Å². The lowest BCUT2D eigenvalue weighted by Gasteiger charge is -2.05. The number of halogens is 1. The van der Waals surface area contributed by atoms with Gasteiger partial charge in [-0.25, -0.2) is 0 Å². The summed E-state index contributed by atoms with van der Waals surface area (Å²) in [6, 6.07) is 5.09. The number of hydrogen-bond donors (Lipinski definition) is 1. The lowest BCUT2D eigenvalue weighted by Crippen LogP contribution is -2.11. The summed E-state index contributed by atoms with van der Waals surface area (Å²) >= 11 is 3.35. The van der Waals surface area contributed by atoms with Crippen LogP contribution in [-0.4, -0.2) is 20.7 Å². The molecular formula is C9H7BrN4O. The van der Waals surface area contributed by atoms with Crippen molar-refractivity contribution in [2.45, 2.75) is 0 Å². The molecule has 0 spiro atoms. The Morgan fingerprint density at radius 2 is 2.00 bits per heavy atom. The number of hydrogen-bond acceptors (Lipinski definition) is 3. The molecule has 0 aliphatic heterocycles. The summed E-state index contributed by atoms with van der Waals surface area (Å²) in [4.78, 5) is 10.9. The van der Waals surface area contributed by atoms with Crippen molar-refractivity contribution in [3.63, 3.8) is 0 Å². The van der Waals surface area contributed by atoms with Gasteiger partial charge in [0.25, 0.3) is 0 Å². The van der Waals surface area contributed by atoms with Gasteiger partial charge in [-0.05, 0) is 34.1 Å². The molecule has 2 N–H and O–H groups in total. The average molecular weight is 267 g/mol. The Labute approximate surface area is 94.0 Å². The van der Waals surface area contributed by atoms with Crippen molar-refractivity contribution in [1.82, 2.24) is 14.8 Å². The molecule has 2 rings (SSSR count). The number of carbonyl (C=O) groups is 1. The number of aromatic nitrogens is 3. The van der Waals surface area contributed by atoms with E-state index in [1.807, 2.05) is 0 Å². The van der Waals surface area contributed by atoms with Gasteiger partial charge in [-0.1, -0.05) is 0 Å². The van der Waals surface area contributed by atoms with Gasteiger partial charge in [0.2, 0.25) is 5.91 Å². The molecule has 2 aromatic rings. The Morgan fingerprint density at radius 1 is 1.33 bits per heavy atom. The van der Waals surface area contributed by atoms with Gasteiger partial charge in [0.1, 0.15) is 12.7 Å². The standard InChI is InChI=1S/C9H7BrN4O/c10-7-3-6(9(11)15)1-2-8(7)14-4-12-13-5-14/h1-5H,(H2,11,15). The highest BCUT2D eigenvalue weighted by Crippen LogP contribution is 2.21. The van der Waals surface area contributed by atoms with Crippen LogP contribution in [0.2, 0.25) is 0 Å². The number of rotatable bonds is 2. The molecule has 0 aliphatic carbocycles. The molecule has 1 aromatic heterocycles. The maximum absolute atomic E-state index is 10.9. The van der Waals surface area contributed by atoms with E-state index in [4.69, 9.17) is 5.73 Å². The fraction of sp³-hybridized carbons (Fsp3) is 0. The van der Waals surface area contributed by atoms with Crippen molar-refractivity contribution in [2.75, 3.05) is 0 Å². The lowest BCUT2D eigenvalue weighted by atomic mass is 10.2. The first-order valence-corrected chi connectivity index (χ1v) is 4.92. The molecule has 0 fully saturated rings. The van der Waals surface area contributed by atoms with Crippen molar-refractivity contribution in [3.05, 3.63) is 40.9 Å². The van der Waals surface area contributed by atoms with Crippen LogP contribution in [-0.2, 0) is 0 Å². The van der Waals surface area contributed by atoms with Crippen LogP contribution < -0.4 is 5.73 Å². The Balaban J connectivity index is 2.48. The summed E-state index contributed by atoms with van der Waals surface area (Å²) in [6.45, 7) is 0. The van der Waals surface area contributed by atoms with Gasteiger partial charge in [-0.3, -0.25) is 9.36 Å². The molecule has 0 atom stereocenters. The quantitative estimate of drug-likeness (QED) is 0.886. The molecule has 0 aliphatic rings. The van der Waals surface area contributed by atoms with Crippen LogP contribution in [0.3, 0.4) is 0 Å². The van der Waals surface area contributed by atoms with Gasteiger partial charge < -0.3 is 5.73 Å². The van der Waals surface area contributed by atoms with Gasteiger partial charge in [0, 0.05) is 10.0 Å². The van der Waals surface area contributed by atoms with Crippen LogP contribution in [0, 0.1) is 0 Å². The summed E-state index contributed by atoms with van der Waals surface area (Å²) in [5, 5.41) is 7.40. The Hall–Kier alpha value is -1.69. The molecule has 1 heterocycles. The smallest absolute Gasteiger partial charge is 0.248 e. The summed E-state index contributed by atoms with van der Waals surface area (Å²) in [5.41, 5.74) is 6.47. The predicted octanol–water partition coefficient (Wildman–Crippen LogP) is 1.13. The van der Waals surface area contributed by atoms with E-state index in [1.54, 1.807) is 35.4 Å². The molecule has 0 saturated heterocycles. The molecule has 0 radical (unpaired) electrons. The molecule has 0 unspecified atom stereocenters. The van der Waals surface area contributed by atoms with E-state index in [1.165, 1.54) is 0 Å². The zero-order valence-electron chi connectivity index (χ0n) is 7.59. The Kier molecular flexibility index (Phi) is 2.51. The van der Waals surface area contributed by atoms with Crippen molar-refractivity contribution in [3.8, 4) is 5.69 Å². The highest BCUT2D eigenvalue weighted by atomic mass is 79.9. The molecule has 1 aromatic carbocycles. The predicted molar refractivity (Wildman–Crippen MR) is 57.6 cm³/mol. The molecule has 6 heteroatoms. The van der Waals surface area contributed by atoms with Crippen molar-refractivity contribution >= 4 is 21.8 Å². The van der Waals surface area contributed by atoms with Crippen molar-refractivity contribution in [2.24, 2.45) is 5.73 Å². The van der Waals surface area contributed by atoms with Crippen LogP contribution in [0.15, 0.2) is 35.3 Å². The highest BCUT2D eigenvalue weighted by Gasteiger charge is 2.06. The molecule has 0 bridgehead atoms. The molecule has 15 heavy (non-hydrogen) atoms. The van der Waals surface area contributed by atoms with Gasteiger partial charge in [0.05, 0.1) is 5.69 Å². The Bertz CT molecular complexity index is 495. The van der Waals surface area contributed by atoms with Gasteiger partial charge in [0.15, 0.2) is 0 Å². The summed E-state index contributed by atoms with van der Waals surface area (Å²) < 4.78 is 2.49. The molecular weight excluding hydrogens is 260 g/mol. The van der Waals surface area contributed by atoms with Crippen LogP contribution in [0.1, 0.15) is 10.4 Å². The van der Waals surface area contributed by atoms with Gasteiger partial charge in [-0.15, -0.1) is 10.2 Å². The maximum Gasteiger partial charge on any atom is 0.248 e. The molecule has 76 valence electrons. The van der Waals surface area contributed by atoms with E-state index >= 15 is 0 Å². The Morgan fingerprint density at radius 3 is 2.53 bits per heavy atom. The minimum Gasteiger partial charge on any atom is -0.366 e. The first-order valence-electron chi connectivity index (χ1n) is 4.13. The first-order chi connectivity index (χ1) is 7.18.